The van der Waals surface area contributed by atoms with E-state index in [4.69, 9.17) is 0 Å². The molecule has 0 aliphatic rings. The standard InChI is InChI=1S/C14H23NO/c1-12(2)15-10-9-14(3,16)11-13-7-5-4-6-8-13/h4-8,12,15-16H,9-11H2,1-3H3. The lowest BCUT2D eigenvalue weighted by molar-refractivity contribution is 0.0511. The summed E-state index contributed by atoms with van der Waals surface area (Å²) in [6.07, 6.45) is 1.49. The van der Waals surface area contributed by atoms with Crippen LogP contribution in [0.1, 0.15) is 32.8 Å². The zero-order chi connectivity index (χ0) is 12.0. The van der Waals surface area contributed by atoms with E-state index in [-0.39, 0.29) is 0 Å². The van der Waals surface area contributed by atoms with Crippen LogP contribution in [0.25, 0.3) is 0 Å². The molecule has 0 aromatic heterocycles. The number of aliphatic hydroxyl groups is 1. The summed E-state index contributed by atoms with van der Waals surface area (Å²) >= 11 is 0. The van der Waals surface area contributed by atoms with Gasteiger partial charge in [-0.05, 0) is 25.5 Å². The van der Waals surface area contributed by atoms with Gasteiger partial charge in [0.2, 0.25) is 0 Å². The first-order valence-corrected chi connectivity index (χ1v) is 5.99. The highest BCUT2D eigenvalue weighted by Crippen LogP contribution is 2.16. The minimum Gasteiger partial charge on any atom is -0.390 e. The number of nitrogens with one attached hydrogen (secondary N) is 1. The van der Waals surface area contributed by atoms with Gasteiger partial charge in [-0.15, -0.1) is 0 Å². The van der Waals surface area contributed by atoms with Crippen molar-refractivity contribution in [2.75, 3.05) is 6.54 Å². The highest BCUT2D eigenvalue weighted by molar-refractivity contribution is 5.16. The highest BCUT2D eigenvalue weighted by Gasteiger charge is 2.20. The van der Waals surface area contributed by atoms with Crippen LogP contribution in [0.3, 0.4) is 0 Å². The minimum absolute atomic E-state index is 0.479. The Morgan fingerprint density at radius 2 is 1.88 bits per heavy atom. The van der Waals surface area contributed by atoms with E-state index in [1.165, 1.54) is 5.56 Å². The lowest BCUT2D eigenvalue weighted by atomic mass is 9.93. The van der Waals surface area contributed by atoms with E-state index in [1.54, 1.807) is 0 Å². The summed E-state index contributed by atoms with van der Waals surface area (Å²) in [7, 11) is 0. The average Bonchev–Trinajstić information content (AvgIpc) is 2.17. The molecule has 2 heteroatoms. The molecule has 0 bridgehead atoms. The molecule has 0 amide bonds. The Kier molecular flexibility index (Phi) is 4.97. The molecule has 1 aromatic rings. The third-order valence-corrected chi connectivity index (χ3v) is 2.64. The van der Waals surface area contributed by atoms with Crippen LogP contribution in [0.2, 0.25) is 0 Å². The zero-order valence-electron chi connectivity index (χ0n) is 10.5. The molecule has 0 fully saturated rings. The van der Waals surface area contributed by atoms with Gasteiger partial charge < -0.3 is 10.4 Å². The fraction of sp³-hybridized carbons (Fsp3) is 0.571. The summed E-state index contributed by atoms with van der Waals surface area (Å²) in [6.45, 7) is 7.00. The molecular weight excluding hydrogens is 198 g/mol. The smallest absolute Gasteiger partial charge is 0.0672 e. The van der Waals surface area contributed by atoms with Crippen LogP contribution < -0.4 is 5.32 Å². The molecule has 0 aliphatic heterocycles. The van der Waals surface area contributed by atoms with E-state index in [2.05, 4.69) is 31.3 Å². The SMILES string of the molecule is CC(C)NCCC(C)(O)Cc1ccccc1. The van der Waals surface area contributed by atoms with Crippen LogP contribution in [-0.2, 0) is 6.42 Å². The Hall–Kier alpha value is -0.860. The summed E-state index contributed by atoms with van der Waals surface area (Å²) < 4.78 is 0. The molecule has 0 spiro atoms. The van der Waals surface area contributed by atoms with Crippen molar-refractivity contribution in [1.82, 2.24) is 5.32 Å². The maximum absolute atomic E-state index is 10.2. The van der Waals surface area contributed by atoms with Crippen molar-refractivity contribution >= 4 is 0 Å². The van der Waals surface area contributed by atoms with Gasteiger partial charge in [0.25, 0.3) is 0 Å². The number of rotatable bonds is 6. The molecule has 0 radical (unpaired) electrons. The normalized spacial score (nSPS) is 15.1. The maximum Gasteiger partial charge on any atom is 0.0672 e. The average molecular weight is 221 g/mol. The summed E-state index contributed by atoms with van der Waals surface area (Å²) in [5.74, 6) is 0. The molecule has 16 heavy (non-hydrogen) atoms. The Morgan fingerprint density at radius 1 is 1.25 bits per heavy atom. The third kappa shape index (κ3) is 5.29. The lowest BCUT2D eigenvalue weighted by Crippen LogP contribution is -2.34. The molecule has 1 unspecified atom stereocenters. The zero-order valence-corrected chi connectivity index (χ0v) is 10.5. The van der Waals surface area contributed by atoms with E-state index >= 15 is 0 Å². The first kappa shape index (κ1) is 13.2. The van der Waals surface area contributed by atoms with Crippen molar-refractivity contribution < 1.29 is 5.11 Å². The first-order chi connectivity index (χ1) is 7.49. The molecule has 0 heterocycles. The van der Waals surface area contributed by atoms with Crippen molar-refractivity contribution in [3.05, 3.63) is 35.9 Å². The van der Waals surface area contributed by atoms with Crippen molar-refractivity contribution in [1.29, 1.82) is 0 Å². The molecule has 1 rings (SSSR count). The largest absolute Gasteiger partial charge is 0.390 e. The van der Waals surface area contributed by atoms with Crippen LogP contribution in [0.5, 0.6) is 0 Å². The van der Waals surface area contributed by atoms with Crippen molar-refractivity contribution in [3.8, 4) is 0 Å². The van der Waals surface area contributed by atoms with Crippen molar-refractivity contribution in [2.45, 2.75) is 45.3 Å². The monoisotopic (exact) mass is 221 g/mol. The Labute approximate surface area is 98.7 Å². The van der Waals surface area contributed by atoms with Gasteiger partial charge in [-0.2, -0.15) is 0 Å². The lowest BCUT2D eigenvalue weighted by Gasteiger charge is -2.24. The van der Waals surface area contributed by atoms with Gasteiger partial charge in [0.15, 0.2) is 0 Å². The van der Waals surface area contributed by atoms with E-state index in [1.807, 2.05) is 25.1 Å². The summed E-state index contributed by atoms with van der Waals surface area (Å²) in [5, 5.41) is 13.6. The van der Waals surface area contributed by atoms with E-state index in [0.29, 0.717) is 12.5 Å². The fourth-order valence-corrected chi connectivity index (χ4v) is 1.75. The Bertz CT molecular complexity index is 293. The Morgan fingerprint density at radius 3 is 2.44 bits per heavy atom. The van der Waals surface area contributed by atoms with E-state index < -0.39 is 5.60 Å². The van der Waals surface area contributed by atoms with Gasteiger partial charge in [0, 0.05) is 12.5 Å². The van der Waals surface area contributed by atoms with Crippen LogP contribution in [0, 0.1) is 0 Å². The topological polar surface area (TPSA) is 32.3 Å². The molecule has 90 valence electrons. The van der Waals surface area contributed by atoms with Crippen LogP contribution >= 0.6 is 0 Å². The second kappa shape index (κ2) is 6.02. The molecule has 0 aliphatic carbocycles. The second-order valence-corrected chi connectivity index (χ2v) is 5.02. The van der Waals surface area contributed by atoms with Gasteiger partial charge in [-0.25, -0.2) is 0 Å². The van der Waals surface area contributed by atoms with Gasteiger partial charge in [-0.3, -0.25) is 0 Å². The third-order valence-electron chi connectivity index (χ3n) is 2.64. The fourth-order valence-electron chi connectivity index (χ4n) is 1.75. The van der Waals surface area contributed by atoms with Crippen LogP contribution in [0.15, 0.2) is 30.3 Å². The molecule has 0 saturated carbocycles. The second-order valence-electron chi connectivity index (χ2n) is 5.02. The van der Waals surface area contributed by atoms with Gasteiger partial charge in [0.1, 0.15) is 0 Å². The van der Waals surface area contributed by atoms with Crippen LogP contribution in [0.4, 0.5) is 0 Å². The van der Waals surface area contributed by atoms with Gasteiger partial charge >= 0.3 is 0 Å². The highest BCUT2D eigenvalue weighted by atomic mass is 16.3. The summed E-state index contributed by atoms with van der Waals surface area (Å²) in [6, 6.07) is 10.6. The van der Waals surface area contributed by atoms with Crippen molar-refractivity contribution in [2.24, 2.45) is 0 Å². The quantitative estimate of drug-likeness (QED) is 0.773. The predicted molar refractivity (Wildman–Crippen MR) is 68.5 cm³/mol. The number of benzene rings is 1. The van der Waals surface area contributed by atoms with Gasteiger partial charge in [-0.1, -0.05) is 44.2 Å². The van der Waals surface area contributed by atoms with Crippen LogP contribution in [-0.4, -0.2) is 23.3 Å². The first-order valence-electron chi connectivity index (χ1n) is 5.99. The maximum atomic E-state index is 10.2. The molecule has 2 N–H and O–H groups in total. The predicted octanol–water partition coefficient (Wildman–Crippen LogP) is 2.37. The summed E-state index contributed by atoms with van der Waals surface area (Å²) in [5.41, 5.74) is 0.570. The molecule has 1 atom stereocenters. The van der Waals surface area contributed by atoms with Crippen molar-refractivity contribution in [3.63, 3.8) is 0 Å². The van der Waals surface area contributed by atoms with Gasteiger partial charge in [0.05, 0.1) is 5.60 Å². The number of hydrogen-bond donors (Lipinski definition) is 2. The summed E-state index contributed by atoms with van der Waals surface area (Å²) in [4.78, 5) is 0. The Balaban J connectivity index is 2.39. The number of hydrogen-bond acceptors (Lipinski definition) is 2. The molecule has 2 nitrogen and oxygen atoms in total. The molecule has 1 aromatic carbocycles. The minimum atomic E-state index is -0.622. The molecule has 0 saturated heterocycles. The molecular formula is C14H23NO. The van der Waals surface area contributed by atoms with E-state index in [0.717, 1.165) is 13.0 Å². The van der Waals surface area contributed by atoms with E-state index in [9.17, 15) is 5.11 Å².